The molecule has 0 bridgehead atoms. The van der Waals surface area contributed by atoms with Crippen LogP contribution in [-0.2, 0) is 0 Å². The molecule has 0 aromatic heterocycles. The van der Waals surface area contributed by atoms with E-state index in [1.165, 1.54) is 11.1 Å². The Labute approximate surface area is 120 Å². The maximum absolute atomic E-state index is 14.2. The molecular weight excluding hydrogens is 249 g/mol. The molecule has 0 aliphatic rings. The second-order valence-corrected chi connectivity index (χ2v) is 5.38. The van der Waals surface area contributed by atoms with E-state index in [0.29, 0.717) is 0 Å². The van der Waals surface area contributed by atoms with Crippen molar-refractivity contribution in [2.24, 2.45) is 0 Å². The normalized spacial score (nSPS) is 12.4. The molecule has 1 atom stereocenters. The Kier molecular flexibility index (Phi) is 4.56. The minimum atomic E-state index is -0.151. The minimum Gasteiger partial charge on any atom is -0.306 e. The van der Waals surface area contributed by atoms with E-state index in [0.717, 1.165) is 23.2 Å². The van der Waals surface area contributed by atoms with Gasteiger partial charge in [-0.2, -0.15) is 0 Å². The van der Waals surface area contributed by atoms with Crippen molar-refractivity contribution in [2.75, 3.05) is 6.54 Å². The Hall–Kier alpha value is -1.67. The summed E-state index contributed by atoms with van der Waals surface area (Å²) in [7, 11) is 0. The Bertz CT molecular complexity index is 604. The van der Waals surface area contributed by atoms with Gasteiger partial charge in [0, 0.05) is 5.56 Å². The van der Waals surface area contributed by atoms with Crippen LogP contribution >= 0.6 is 0 Å². The summed E-state index contributed by atoms with van der Waals surface area (Å²) in [6, 6.07) is 11.5. The van der Waals surface area contributed by atoms with Gasteiger partial charge in [0.25, 0.3) is 0 Å². The maximum atomic E-state index is 14.2. The lowest BCUT2D eigenvalue weighted by molar-refractivity contribution is 0.557. The predicted molar refractivity (Wildman–Crippen MR) is 82.6 cm³/mol. The molecule has 2 heteroatoms. The highest BCUT2D eigenvalue weighted by atomic mass is 19.1. The molecule has 2 rings (SSSR count). The quantitative estimate of drug-likeness (QED) is 0.866. The molecule has 0 radical (unpaired) electrons. The van der Waals surface area contributed by atoms with Crippen LogP contribution in [0.15, 0.2) is 36.4 Å². The van der Waals surface area contributed by atoms with Crippen LogP contribution in [0.5, 0.6) is 0 Å². The van der Waals surface area contributed by atoms with Crippen LogP contribution < -0.4 is 5.32 Å². The van der Waals surface area contributed by atoms with Gasteiger partial charge in [-0.15, -0.1) is 0 Å². The van der Waals surface area contributed by atoms with Gasteiger partial charge in [-0.05, 0) is 44.5 Å². The molecule has 106 valence electrons. The third-order valence-electron chi connectivity index (χ3n) is 3.61. The van der Waals surface area contributed by atoms with Crippen molar-refractivity contribution in [3.63, 3.8) is 0 Å². The number of rotatable bonds is 4. The lowest BCUT2D eigenvalue weighted by Gasteiger charge is -2.22. The average molecular weight is 271 g/mol. The molecule has 1 unspecified atom stereocenters. The van der Waals surface area contributed by atoms with Crippen LogP contribution in [0.4, 0.5) is 4.39 Å². The third-order valence-corrected chi connectivity index (χ3v) is 3.61. The zero-order valence-electron chi connectivity index (χ0n) is 12.6. The van der Waals surface area contributed by atoms with Gasteiger partial charge < -0.3 is 5.32 Å². The lowest BCUT2D eigenvalue weighted by atomic mass is 9.92. The molecule has 0 saturated heterocycles. The Morgan fingerprint density at radius 1 is 0.950 bits per heavy atom. The van der Waals surface area contributed by atoms with Crippen LogP contribution in [0, 0.1) is 26.6 Å². The highest BCUT2D eigenvalue weighted by molar-refractivity contribution is 5.40. The zero-order valence-corrected chi connectivity index (χ0v) is 12.6. The molecule has 0 aliphatic heterocycles. The van der Waals surface area contributed by atoms with Crippen molar-refractivity contribution >= 4 is 0 Å². The first-order chi connectivity index (χ1) is 9.52. The molecule has 20 heavy (non-hydrogen) atoms. The largest absolute Gasteiger partial charge is 0.306 e. The number of benzene rings is 2. The molecule has 0 spiro atoms. The van der Waals surface area contributed by atoms with E-state index in [4.69, 9.17) is 0 Å². The summed E-state index contributed by atoms with van der Waals surface area (Å²) in [5.41, 5.74) is 5.36. The van der Waals surface area contributed by atoms with Crippen molar-refractivity contribution < 1.29 is 4.39 Å². The molecule has 0 heterocycles. The second kappa shape index (κ2) is 6.19. The van der Waals surface area contributed by atoms with Crippen LogP contribution in [0.25, 0.3) is 0 Å². The molecule has 1 nitrogen and oxygen atoms in total. The van der Waals surface area contributed by atoms with Gasteiger partial charge in [0.05, 0.1) is 6.04 Å². The van der Waals surface area contributed by atoms with E-state index in [-0.39, 0.29) is 11.9 Å². The first kappa shape index (κ1) is 14.7. The molecule has 2 aromatic rings. The van der Waals surface area contributed by atoms with Crippen molar-refractivity contribution in [1.82, 2.24) is 5.32 Å². The van der Waals surface area contributed by atoms with Gasteiger partial charge in [0.1, 0.15) is 5.82 Å². The minimum absolute atomic E-state index is 0.0968. The number of aryl methyl sites for hydroxylation is 3. The van der Waals surface area contributed by atoms with Gasteiger partial charge in [0.2, 0.25) is 0 Å². The number of halogens is 1. The number of hydrogen-bond donors (Lipinski definition) is 1. The van der Waals surface area contributed by atoms with Gasteiger partial charge >= 0.3 is 0 Å². The molecule has 0 aliphatic carbocycles. The van der Waals surface area contributed by atoms with E-state index in [1.54, 1.807) is 6.07 Å². The van der Waals surface area contributed by atoms with E-state index in [1.807, 2.05) is 26.0 Å². The SMILES string of the molecule is CCNC(c1ccc(C)cc1C)c1cc(C)ccc1F. The summed E-state index contributed by atoms with van der Waals surface area (Å²) < 4.78 is 14.2. The van der Waals surface area contributed by atoms with E-state index in [9.17, 15) is 4.39 Å². The second-order valence-electron chi connectivity index (χ2n) is 5.38. The topological polar surface area (TPSA) is 12.0 Å². The van der Waals surface area contributed by atoms with Gasteiger partial charge in [-0.1, -0.05) is 48.4 Å². The van der Waals surface area contributed by atoms with Gasteiger partial charge in [0.15, 0.2) is 0 Å². The molecule has 2 aromatic carbocycles. The van der Waals surface area contributed by atoms with Crippen molar-refractivity contribution in [3.8, 4) is 0 Å². The standard InChI is InChI=1S/C18H22FN/c1-5-20-18(15-8-6-12(2)10-14(15)4)16-11-13(3)7-9-17(16)19/h6-11,18,20H,5H2,1-4H3. The lowest BCUT2D eigenvalue weighted by Crippen LogP contribution is -2.24. The molecule has 0 fully saturated rings. The Balaban J connectivity index is 2.53. The third kappa shape index (κ3) is 3.07. The van der Waals surface area contributed by atoms with Crippen LogP contribution in [0.3, 0.4) is 0 Å². The zero-order chi connectivity index (χ0) is 14.7. The highest BCUT2D eigenvalue weighted by Crippen LogP contribution is 2.28. The summed E-state index contributed by atoms with van der Waals surface area (Å²) >= 11 is 0. The average Bonchev–Trinajstić information content (AvgIpc) is 2.40. The highest BCUT2D eigenvalue weighted by Gasteiger charge is 2.18. The van der Waals surface area contributed by atoms with Crippen LogP contribution in [0.1, 0.15) is 40.8 Å². The Morgan fingerprint density at radius 2 is 1.60 bits per heavy atom. The van der Waals surface area contributed by atoms with Crippen LogP contribution in [0.2, 0.25) is 0 Å². The first-order valence-electron chi connectivity index (χ1n) is 7.09. The maximum Gasteiger partial charge on any atom is 0.128 e. The van der Waals surface area contributed by atoms with E-state index < -0.39 is 0 Å². The fourth-order valence-electron chi connectivity index (χ4n) is 2.63. The first-order valence-corrected chi connectivity index (χ1v) is 7.09. The molecule has 0 amide bonds. The number of nitrogens with one attached hydrogen (secondary N) is 1. The van der Waals surface area contributed by atoms with Crippen LogP contribution in [-0.4, -0.2) is 6.54 Å². The van der Waals surface area contributed by atoms with Gasteiger partial charge in [-0.3, -0.25) is 0 Å². The molecular formula is C18H22FN. The number of hydrogen-bond acceptors (Lipinski definition) is 1. The summed E-state index contributed by atoms with van der Waals surface area (Å²) in [4.78, 5) is 0. The fraction of sp³-hybridized carbons (Fsp3) is 0.333. The monoisotopic (exact) mass is 271 g/mol. The predicted octanol–water partition coefficient (Wildman–Crippen LogP) is 4.45. The summed E-state index contributed by atoms with van der Waals surface area (Å²) in [6.07, 6.45) is 0. The molecule has 0 saturated carbocycles. The van der Waals surface area contributed by atoms with E-state index in [2.05, 4.69) is 37.4 Å². The van der Waals surface area contributed by atoms with E-state index >= 15 is 0 Å². The fourth-order valence-corrected chi connectivity index (χ4v) is 2.63. The van der Waals surface area contributed by atoms with Crippen molar-refractivity contribution in [2.45, 2.75) is 33.7 Å². The van der Waals surface area contributed by atoms with Crippen molar-refractivity contribution in [1.29, 1.82) is 0 Å². The summed E-state index contributed by atoms with van der Waals surface area (Å²) in [5, 5.41) is 3.40. The summed E-state index contributed by atoms with van der Waals surface area (Å²) in [5.74, 6) is -0.151. The smallest absolute Gasteiger partial charge is 0.128 e. The molecule has 1 N–H and O–H groups in total. The van der Waals surface area contributed by atoms with Gasteiger partial charge in [-0.25, -0.2) is 4.39 Å². The van der Waals surface area contributed by atoms with Crippen molar-refractivity contribution in [3.05, 3.63) is 70.0 Å². The summed E-state index contributed by atoms with van der Waals surface area (Å²) in [6.45, 7) is 9.00. The Morgan fingerprint density at radius 3 is 2.25 bits per heavy atom.